The second-order valence-electron chi connectivity index (χ2n) is 1.42. The molecule has 0 rings (SSSR count). The molecule has 0 aliphatic rings. The molecule has 0 radical (unpaired) electrons. The zero-order chi connectivity index (χ0) is 5.70. The number of quaternary nitrogens is 1. The molecule has 0 saturated carbocycles. The Morgan fingerprint density at radius 3 is 2.43 bits per heavy atom. The maximum Gasteiger partial charge on any atom is 0.0941 e. The van der Waals surface area contributed by atoms with Gasteiger partial charge in [0.2, 0.25) is 0 Å². The van der Waals surface area contributed by atoms with Crippen LogP contribution in [0, 0.1) is 5.21 Å². The highest BCUT2D eigenvalue weighted by Gasteiger charge is 1.84. The van der Waals surface area contributed by atoms with Gasteiger partial charge in [-0.3, -0.25) is 5.17 Å². The molecular formula is C4H12N2O. The van der Waals surface area contributed by atoms with Crippen molar-refractivity contribution in [2.75, 3.05) is 13.6 Å². The Bertz CT molecular complexity index is 40.7. The highest BCUT2D eigenvalue weighted by Crippen LogP contribution is 1.58. The van der Waals surface area contributed by atoms with Gasteiger partial charge in [-0.25, -0.2) is 0 Å². The highest BCUT2D eigenvalue weighted by atomic mass is 16.5. The van der Waals surface area contributed by atoms with Crippen LogP contribution in [0.5, 0.6) is 0 Å². The van der Waals surface area contributed by atoms with Crippen LogP contribution in [0.15, 0.2) is 0 Å². The molecule has 1 unspecified atom stereocenters. The molecule has 0 aliphatic carbocycles. The van der Waals surface area contributed by atoms with E-state index in [-0.39, 0.29) is 5.17 Å². The van der Waals surface area contributed by atoms with Gasteiger partial charge in [0.1, 0.15) is 0 Å². The van der Waals surface area contributed by atoms with Crippen LogP contribution in [0.25, 0.3) is 0 Å². The average Bonchev–Trinajstić information content (AvgIpc) is 1.68. The van der Waals surface area contributed by atoms with Crippen LogP contribution in [0.4, 0.5) is 0 Å². The first-order chi connectivity index (χ1) is 3.31. The minimum atomic E-state index is 0.127. The molecule has 0 fully saturated rings. The van der Waals surface area contributed by atoms with Gasteiger partial charge in [-0.2, -0.15) is 5.43 Å². The van der Waals surface area contributed by atoms with E-state index in [2.05, 4.69) is 5.43 Å². The summed E-state index contributed by atoms with van der Waals surface area (Å²) in [4.78, 5) is 0. The standard InChI is InChI=1S/C4H12N2O/c1-3-4-6(7)5-2/h5-6H,3-4H2,1-2H3. The maximum atomic E-state index is 10.3. The summed E-state index contributed by atoms with van der Waals surface area (Å²) in [5.41, 5.74) is 2.53. The molecule has 0 aromatic rings. The van der Waals surface area contributed by atoms with E-state index >= 15 is 0 Å². The van der Waals surface area contributed by atoms with Crippen LogP contribution in [0.3, 0.4) is 0 Å². The molecule has 0 aliphatic heterocycles. The summed E-state index contributed by atoms with van der Waals surface area (Å²) in [5.74, 6) is 0. The van der Waals surface area contributed by atoms with E-state index in [4.69, 9.17) is 0 Å². The Morgan fingerprint density at radius 1 is 1.71 bits per heavy atom. The molecular weight excluding hydrogens is 92.1 g/mol. The monoisotopic (exact) mass is 104 g/mol. The molecule has 0 aromatic carbocycles. The molecule has 44 valence electrons. The summed E-state index contributed by atoms with van der Waals surface area (Å²) in [6.07, 6.45) is 0.930. The Balaban J connectivity index is 2.83. The number of nitrogens with one attached hydrogen (secondary N) is 2. The quantitative estimate of drug-likeness (QED) is 0.447. The average molecular weight is 104 g/mol. The maximum absolute atomic E-state index is 10.3. The largest absolute Gasteiger partial charge is 0.613 e. The summed E-state index contributed by atoms with van der Waals surface area (Å²) in [5, 5.41) is 10.4. The molecule has 3 nitrogen and oxygen atoms in total. The zero-order valence-corrected chi connectivity index (χ0v) is 4.82. The van der Waals surface area contributed by atoms with Crippen molar-refractivity contribution in [2.24, 2.45) is 0 Å². The molecule has 2 N–H and O–H groups in total. The minimum Gasteiger partial charge on any atom is -0.613 e. The molecule has 7 heavy (non-hydrogen) atoms. The summed E-state index contributed by atoms with van der Waals surface area (Å²) < 4.78 is 0. The number of hydrogen-bond donors (Lipinski definition) is 2. The van der Waals surface area contributed by atoms with E-state index in [0.717, 1.165) is 6.42 Å². The summed E-state index contributed by atoms with van der Waals surface area (Å²) >= 11 is 0. The van der Waals surface area contributed by atoms with Gasteiger partial charge in [0.25, 0.3) is 0 Å². The van der Waals surface area contributed by atoms with Crippen molar-refractivity contribution >= 4 is 0 Å². The van der Waals surface area contributed by atoms with Crippen LogP contribution in [-0.4, -0.2) is 13.6 Å². The lowest BCUT2D eigenvalue weighted by molar-refractivity contribution is -0.893. The first-order valence-corrected chi connectivity index (χ1v) is 2.51. The van der Waals surface area contributed by atoms with Crippen LogP contribution >= 0.6 is 0 Å². The molecule has 0 heterocycles. The van der Waals surface area contributed by atoms with Crippen molar-refractivity contribution in [2.45, 2.75) is 13.3 Å². The lowest BCUT2D eigenvalue weighted by Crippen LogP contribution is -3.13. The number of rotatable bonds is 3. The smallest absolute Gasteiger partial charge is 0.0941 e. The fourth-order valence-electron chi connectivity index (χ4n) is 0.352. The zero-order valence-electron chi connectivity index (χ0n) is 4.82. The summed E-state index contributed by atoms with van der Waals surface area (Å²) in [7, 11) is 1.65. The molecule has 0 bridgehead atoms. The van der Waals surface area contributed by atoms with Crippen LogP contribution < -0.4 is 10.6 Å². The molecule has 0 aromatic heterocycles. The topological polar surface area (TPSA) is 39.5 Å². The Hall–Kier alpha value is -0.120. The number of hydrogen-bond acceptors (Lipinski definition) is 2. The lowest BCUT2D eigenvalue weighted by Gasteiger charge is -2.17. The van der Waals surface area contributed by atoms with Crippen LogP contribution in [0.1, 0.15) is 13.3 Å². The van der Waals surface area contributed by atoms with Crippen molar-refractivity contribution in [3.05, 3.63) is 5.21 Å². The van der Waals surface area contributed by atoms with E-state index in [1.807, 2.05) is 6.92 Å². The lowest BCUT2D eigenvalue weighted by atomic mass is 10.5. The molecule has 3 heteroatoms. The third-order valence-electron chi connectivity index (χ3n) is 0.756. The van der Waals surface area contributed by atoms with Crippen molar-refractivity contribution in [3.8, 4) is 0 Å². The molecule has 0 amide bonds. The SMILES string of the molecule is CCC[NH+]([O-])NC. The Kier molecular flexibility index (Phi) is 3.98. The van der Waals surface area contributed by atoms with Gasteiger partial charge in [-0.15, -0.1) is 0 Å². The minimum absolute atomic E-state index is 0.127. The Morgan fingerprint density at radius 2 is 2.29 bits per heavy atom. The van der Waals surface area contributed by atoms with Crippen LogP contribution in [-0.2, 0) is 0 Å². The highest BCUT2D eigenvalue weighted by molar-refractivity contribution is 4.17. The molecule has 0 spiro atoms. The van der Waals surface area contributed by atoms with E-state index in [9.17, 15) is 5.21 Å². The van der Waals surface area contributed by atoms with Gasteiger partial charge in [0.15, 0.2) is 0 Å². The van der Waals surface area contributed by atoms with E-state index in [0.29, 0.717) is 6.54 Å². The van der Waals surface area contributed by atoms with Crippen molar-refractivity contribution in [1.82, 2.24) is 5.43 Å². The molecule has 0 saturated heterocycles. The predicted octanol–water partition coefficient (Wildman–Crippen LogP) is -1.09. The first-order valence-electron chi connectivity index (χ1n) is 2.51. The van der Waals surface area contributed by atoms with E-state index in [1.54, 1.807) is 7.05 Å². The van der Waals surface area contributed by atoms with Gasteiger partial charge in [0, 0.05) is 7.05 Å². The third-order valence-corrected chi connectivity index (χ3v) is 0.756. The third kappa shape index (κ3) is 3.72. The van der Waals surface area contributed by atoms with Gasteiger partial charge in [-0.1, -0.05) is 6.92 Å². The normalized spacial score (nSPS) is 14.1. The van der Waals surface area contributed by atoms with Gasteiger partial charge < -0.3 is 5.21 Å². The molecule has 1 atom stereocenters. The van der Waals surface area contributed by atoms with Crippen molar-refractivity contribution in [3.63, 3.8) is 0 Å². The van der Waals surface area contributed by atoms with Crippen molar-refractivity contribution < 1.29 is 5.17 Å². The fourth-order valence-corrected chi connectivity index (χ4v) is 0.352. The van der Waals surface area contributed by atoms with Gasteiger partial charge in [-0.05, 0) is 6.42 Å². The fraction of sp³-hybridized carbons (Fsp3) is 1.00. The van der Waals surface area contributed by atoms with Crippen LogP contribution in [0.2, 0.25) is 0 Å². The summed E-state index contributed by atoms with van der Waals surface area (Å²) in [6.45, 7) is 2.63. The van der Waals surface area contributed by atoms with Crippen molar-refractivity contribution in [1.29, 1.82) is 0 Å². The second kappa shape index (κ2) is 4.05. The number of hydroxylamine groups is 1. The van der Waals surface area contributed by atoms with Gasteiger partial charge >= 0.3 is 0 Å². The van der Waals surface area contributed by atoms with Gasteiger partial charge in [0.05, 0.1) is 6.54 Å². The van der Waals surface area contributed by atoms with E-state index in [1.165, 1.54) is 0 Å². The second-order valence-corrected chi connectivity index (χ2v) is 1.42. The predicted molar refractivity (Wildman–Crippen MR) is 28.5 cm³/mol. The summed E-state index contributed by atoms with van der Waals surface area (Å²) in [6, 6.07) is 0. The first kappa shape index (κ1) is 6.88. The Labute approximate surface area is 43.9 Å². The van der Waals surface area contributed by atoms with E-state index < -0.39 is 0 Å².